The van der Waals surface area contributed by atoms with Crippen LogP contribution in [0.1, 0.15) is 24.1 Å². The Balaban J connectivity index is 2.17. The van der Waals surface area contributed by atoms with Crippen LogP contribution in [0.5, 0.6) is 11.5 Å². The van der Waals surface area contributed by atoms with E-state index in [1.54, 1.807) is 19.2 Å². The lowest BCUT2D eigenvalue weighted by molar-refractivity contribution is 0.295. The molecule has 0 bridgehead atoms. The van der Waals surface area contributed by atoms with Crippen LogP contribution in [0.2, 0.25) is 0 Å². The molecule has 0 saturated carbocycles. The third-order valence-corrected chi connectivity index (χ3v) is 3.02. The maximum Gasteiger partial charge on any atom is 0.126 e. The molecule has 20 heavy (non-hydrogen) atoms. The summed E-state index contributed by atoms with van der Waals surface area (Å²) in [5, 5.41) is 0. The molecule has 0 aromatic heterocycles. The van der Waals surface area contributed by atoms with Crippen LogP contribution in [-0.4, -0.2) is 7.11 Å². The largest absolute Gasteiger partial charge is 0.496 e. The van der Waals surface area contributed by atoms with Gasteiger partial charge in [-0.3, -0.25) is 0 Å². The molecule has 106 valence electrons. The minimum Gasteiger partial charge on any atom is -0.496 e. The molecular formula is C16H18FNO2. The van der Waals surface area contributed by atoms with Gasteiger partial charge >= 0.3 is 0 Å². The predicted molar refractivity (Wildman–Crippen MR) is 76.3 cm³/mol. The molecule has 3 nitrogen and oxygen atoms in total. The van der Waals surface area contributed by atoms with Crippen LogP contribution >= 0.6 is 0 Å². The van der Waals surface area contributed by atoms with Crippen molar-refractivity contribution in [3.8, 4) is 11.5 Å². The van der Waals surface area contributed by atoms with Crippen molar-refractivity contribution >= 4 is 0 Å². The molecule has 2 rings (SSSR count). The molecule has 0 saturated heterocycles. The Bertz CT molecular complexity index is 584. The van der Waals surface area contributed by atoms with E-state index in [0.29, 0.717) is 12.4 Å². The van der Waals surface area contributed by atoms with Crippen molar-refractivity contribution in [1.29, 1.82) is 0 Å². The van der Waals surface area contributed by atoms with Crippen molar-refractivity contribution < 1.29 is 13.9 Å². The number of hydrogen-bond donors (Lipinski definition) is 1. The average Bonchev–Trinajstić information content (AvgIpc) is 2.44. The Hall–Kier alpha value is -2.07. The normalized spacial score (nSPS) is 12.0. The van der Waals surface area contributed by atoms with E-state index in [9.17, 15) is 4.39 Å². The molecule has 4 heteroatoms. The van der Waals surface area contributed by atoms with Gasteiger partial charge in [0.05, 0.1) is 7.11 Å². The number of rotatable bonds is 5. The van der Waals surface area contributed by atoms with Gasteiger partial charge in [-0.25, -0.2) is 4.39 Å². The summed E-state index contributed by atoms with van der Waals surface area (Å²) < 4.78 is 24.0. The molecule has 2 N–H and O–H groups in total. The molecule has 2 aromatic rings. The van der Waals surface area contributed by atoms with Gasteiger partial charge in [-0.2, -0.15) is 0 Å². The quantitative estimate of drug-likeness (QED) is 0.909. The first-order chi connectivity index (χ1) is 9.60. The summed E-state index contributed by atoms with van der Waals surface area (Å²) in [4.78, 5) is 0. The Morgan fingerprint density at radius 1 is 1.20 bits per heavy atom. The van der Waals surface area contributed by atoms with Gasteiger partial charge in [-0.1, -0.05) is 12.1 Å². The summed E-state index contributed by atoms with van der Waals surface area (Å²) in [5.74, 6) is 0.892. The summed E-state index contributed by atoms with van der Waals surface area (Å²) in [7, 11) is 1.60. The maximum absolute atomic E-state index is 13.1. The van der Waals surface area contributed by atoms with Crippen molar-refractivity contribution in [2.45, 2.75) is 19.6 Å². The lowest BCUT2D eigenvalue weighted by Gasteiger charge is -2.13. The monoisotopic (exact) mass is 275 g/mol. The summed E-state index contributed by atoms with van der Waals surface area (Å²) in [6.07, 6.45) is 0. The number of ether oxygens (including phenoxy) is 2. The lowest BCUT2D eigenvalue weighted by Crippen LogP contribution is -2.07. The van der Waals surface area contributed by atoms with Gasteiger partial charge in [0, 0.05) is 17.7 Å². The van der Waals surface area contributed by atoms with E-state index in [1.165, 1.54) is 12.1 Å². The van der Waals surface area contributed by atoms with Crippen molar-refractivity contribution in [2.24, 2.45) is 5.73 Å². The van der Waals surface area contributed by atoms with Gasteiger partial charge in [-0.15, -0.1) is 0 Å². The molecular weight excluding hydrogens is 257 g/mol. The molecule has 0 heterocycles. The summed E-state index contributed by atoms with van der Waals surface area (Å²) >= 11 is 0. The molecule has 0 spiro atoms. The SMILES string of the molecule is COc1ccc(C(C)N)cc1COc1cccc(F)c1. The van der Waals surface area contributed by atoms with Crippen LogP contribution in [0.15, 0.2) is 42.5 Å². The average molecular weight is 275 g/mol. The smallest absolute Gasteiger partial charge is 0.126 e. The topological polar surface area (TPSA) is 44.5 Å². The maximum atomic E-state index is 13.1. The van der Waals surface area contributed by atoms with Crippen LogP contribution in [0.4, 0.5) is 4.39 Å². The van der Waals surface area contributed by atoms with Gasteiger partial charge in [0.25, 0.3) is 0 Å². The molecule has 1 unspecified atom stereocenters. The molecule has 0 radical (unpaired) electrons. The highest BCUT2D eigenvalue weighted by atomic mass is 19.1. The number of nitrogens with two attached hydrogens (primary N) is 1. The first-order valence-electron chi connectivity index (χ1n) is 6.41. The fourth-order valence-electron chi connectivity index (χ4n) is 1.91. The zero-order valence-electron chi connectivity index (χ0n) is 11.6. The van der Waals surface area contributed by atoms with Gasteiger partial charge in [0.1, 0.15) is 23.9 Å². The second-order valence-electron chi connectivity index (χ2n) is 4.61. The van der Waals surface area contributed by atoms with Crippen molar-refractivity contribution in [3.05, 3.63) is 59.4 Å². The first kappa shape index (κ1) is 14.3. The van der Waals surface area contributed by atoms with E-state index in [0.717, 1.165) is 16.9 Å². The molecule has 0 aliphatic carbocycles. The summed E-state index contributed by atoms with van der Waals surface area (Å²) in [6, 6.07) is 11.7. The van der Waals surface area contributed by atoms with Gasteiger partial charge in [0.15, 0.2) is 0 Å². The summed E-state index contributed by atoms with van der Waals surface area (Å²) in [6.45, 7) is 2.21. The second kappa shape index (κ2) is 6.39. The van der Waals surface area contributed by atoms with E-state index in [4.69, 9.17) is 15.2 Å². The highest BCUT2D eigenvalue weighted by Crippen LogP contribution is 2.24. The molecule has 1 atom stereocenters. The van der Waals surface area contributed by atoms with Crippen molar-refractivity contribution in [2.75, 3.05) is 7.11 Å². The van der Waals surface area contributed by atoms with Crippen LogP contribution in [-0.2, 0) is 6.61 Å². The van der Waals surface area contributed by atoms with Crippen molar-refractivity contribution in [3.63, 3.8) is 0 Å². The highest BCUT2D eigenvalue weighted by Gasteiger charge is 2.08. The van der Waals surface area contributed by atoms with Crippen LogP contribution in [0.3, 0.4) is 0 Å². The lowest BCUT2D eigenvalue weighted by atomic mass is 10.1. The van der Waals surface area contributed by atoms with E-state index in [1.807, 2.05) is 25.1 Å². The van der Waals surface area contributed by atoms with Gasteiger partial charge in [0.2, 0.25) is 0 Å². The number of methoxy groups -OCH3 is 1. The molecule has 2 aromatic carbocycles. The Morgan fingerprint density at radius 3 is 2.65 bits per heavy atom. The zero-order chi connectivity index (χ0) is 14.5. The third kappa shape index (κ3) is 3.48. The first-order valence-corrected chi connectivity index (χ1v) is 6.41. The minimum atomic E-state index is -0.321. The van der Waals surface area contributed by atoms with Crippen molar-refractivity contribution in [1.82, 2.24) is 0 Å². The predicted octanol–water partition coefficient (Wildman–Crippen LogP) is 3.43. The fraction of sp³-hybridized carbons (Fsp3) is 0.250. The molecule has 0 fully saturated rings. The summed E-state index contributed by atoms with van der Waals surface area (Å²) in [5.41, 5.74) is 7.75. The van der Waals surface area contributed by atoms with Crippen LogP contribution in [0.25, 0.3) is 0 Å². The number of benzene rings is 2. The van der Waals surface area contributed by atoms with E-state index in [-0.39, 0.29) is 11.9 Å². The van der Waals surface area contributed by atoms with E-state index < -0.39 is 0 Å². The van der Waals surface area contributed by atoms with E-state index >= 15 is 0 Å². The molecule has 0 aliphatic rings. The highest BCUT2D eigenvalue weighted by molar-refractivity contribution is 5.38. The standard InChI is InChI=1S/C16H18FNO2/c1-11(18)12-6-7-16(19-2)13(8-12)10-20-15-5-3-4-14(17)9-15/h3-9,11H,10,18H2,1-2H3. The minimum absolute atomic E-state index is 0.0613. The molecule has 0 aliphatic heterocycles. The Kier molecular flexibility index (Phi) is 4.58. The van der Waals surface area contributed by atoms with Crippen LogP contribution < -0.4 is 15.2 Å². The number of hydrogen-bond acceptors (Lipinski definition) is 3. The zero-order valence-corrected chi connectivity index (χ0v) is 11.6. The Labute approximate surface area is 118 Å². The third-order valence-electron chi connectivity index (χ3n) is 3.02. The Morgan fingerprint density at radius 2 is 2.00 bits per heavy atom. The van der Waals surface area contributed by atoms with E-state index in [2.05, 4.69) is 0 Å². The fourth-order valence-corrected chi connectivity index (χ4v) is 1.91. The molecule has 0 amide bonds. The van der Waals surface area contributed by atoms with Crippen LogP contribution in [0, 0.1) is 5.82 Å². The van der Waals surface area contributed by atoms with Gasteiger partial charge in [-0.05, 0) is 36.8 Å². The second-order valence-corrected chi connectivity index (χ2v) is 4.61. The number of halogens is 1. The van der Waals surface area contributed by atoms with Gasteiger partial charge < -0.3 is 15.2 Å².